The molecule has 226 valence electrons. The molecule has 0 heterocycles. The molecule has 1 unspecified atom stereocenters. The fourth-order valence-corrected chi connectivity index (χ4v) is 7.62. The van der Waals surface area contributed by atoms with Gasteiger partial charge in [-0.3, -0.25) is 14.4 Å². The second-order valence-electron chi connectivity index (χ2n) is 13.5. The van der Waals surface area contributed by atoms with Crippen molar-refractivity contribution in [3.8, 4) is 11.5 Å². The maximum absolute atomic E-state index is 15.0. The number of aliphatic carboxylic acids is 1. The normalized spacial score (nSPS) is 31.5. The quantitative estimate of drug-likeness (QED) is 0.336. The summed E-state index contributed by atoms with van der Waals surface area (Å²) < 4.78 is 26.3. The van der Waals surface area contributed by atoms with Crippen LogP contribution < -0.4 is 20.1 Å². The summed E-state index contributed by atoms with van der Waals surface area (Å²) in [5.41, 5.74) is -0.647. The molecule has 3 N–H and O–H groups in total. The van der Waals surface area contributed by atoms with Crippen LogP contribution in [0.25, 0.3) is 0 Å². The lowest BCUT2D eigenvalue weighted by molar-refractivity contribution is -0.150. The van der Waals surface area contributed by atoms with Crippen LogP contribution in [0.4, 0.5) is 4.39 Å². The molecule has 5 rings (SSSR count). The minimum absolute atomic E-state index is 0.0227. The summed E-state index contributed by atoms with van der Waals surface area (Å²) in [5, 5.41) is 15.9. The van der Waals surface area contributed by atoms with E-state index in [1.807, 2.05) is 0 Å². The van der Waals surface area contributed by atoms with Gasteiger partial charge in [-0.25, -0.2) is 4.39 Å². The highest BCUT2D eigenvalue weighted by Gasteiger charge is 2.51. The maximum Gasteiger partial charge on any atom is 0.309 e. The average molecular weight is 573 g/mol. The number of fused-ring (bicyclic) bond motifs is 2. The van der Waals surface area contributed by atoms with E-state index in [0.717, 1.165) is 25.3 Å². The van der Waals surface area contributed by atoms with E-state index < -0.39 is 23.1 Å². The molecule has 0 aliphatic heterocycles. The summed E-state index contributed by atoms with van der Waals surface area (Å²) >= 11 is 0. The summed E-state index contributed by atoms with van der Waals surface area (Å²) in [7, 11) is 1.39. The number of carbonyl (C=O) groups is 3. The zero-order valence-corrected chi connectivity index (χ0v) is 24.7. The van der Waals surface area contributed by atoms with Crippen molar-refractivity contribution in [2.24, 2.45) is 40.9 Å². The molecule has 4 fully saturated rings. The van der Waals surface area contributed by atoms with Gasteiger partial charge in [-0.05, 0) is 100 Å². The molecule has 41 heavy (non-hydrogen) atoms. The number of carboxylic acid groups (broad SMARTS) is 1. The van der Waals surface area contributed by atoms with E-state index in [1.165, 1.54) is 26.0 Å². The van der Waals surface area contributed by atoms with Crippen LogP contribution in [0.15, 0.2) is 12.1 Å². The fraction of sp³-hybridized carbons (Fsp3) is 0.719. The Balaban J connectivity index is 1.27. The van der Waals surface area contributed by atoms with Crippen molar-refractivity contribution in [2.75, 3.05) is 13.7 Å². The standard InChI is InChI=1S/C32H45FN2O6/c1-17(2)23(18-5-6-18)16-34-30(37)27-19-7-8-20(13-19)28(27)35-29(36)22-14-26(24(33)15-25(22)40-4)41-21-9-11-32(3,12-10-21)31(38)39/h14-15,17-21,23,27-28H,5-13,16H2,1-4H3,(H,34,37)(H,35,36)(H,38,39)/t19-,20+,21?,23?,27+,28-,32?/m1/s1. The molecule has 0 radical (unpaired) electrons. The molecule has 2 amide bonds. The first kappa shape index (κ1) is 29.6. The van der Waals surface area contributed by atoms with Gasteiger partial charge in [-0.15, -0.1) is 0 Å². The summed E-state index contributed by atoms with van der Waals surface area (Å²) in [4.78, 5) is 38.7. The zero-order chi connectivity index (χ0) is 29.5. The lowest BCUT2D eigenvalue weighted by atomic mass is 9.75. The van der Waals surface area contributed by atoms with E-state index >= 15 is 0 Å². The SMILES string of the molecule is COc1cc(F)c(OC2CCC(C)(C(=O)O)CC2)cc1C(=O)N[C@@H]1[C@H]2CC[C@H](C2)[C@@H]1C(=O)NCC(C(C)C)C1CC1. The number of halogens is 1. The molecule has 2 bridgehead atoms. The molecule has 4 aliphatic rings. The van der Waals surface area contributed by atoms with Gasteiger partial charge in [0.2, 0.25) is 5.91 Å². The molecule has 0 spiro atoms. The van der Waals surface area contributed by atoms with Crippen LogP contribution in [-0.4, -0.2) is 48.7 Å². The van der Waals surface area contributed by atoms with Gasteiger partial charge in [0.15, 0.2) is 11.6 Å². The van der Waals surface area contributed by atoms with Crippen molar-refractivity contribution >= 4 is 17.8 Å². The highest BCUT2D eigenvalue weighted by atomic mass is 19.1. The molecular formula is C32H45FN2O6. The van der Waals surface area contributed by atoms with E-state index in [1.54, 1.807) is 6.92 Å². The molecule has 5 atom stereocenters. The van der Waals surface area contributed by atoms with Gasteiger partial charge in [0.1, 0.15) is 5.75 Å². The van der Waals surface area contributed by atoms with Crippen LogP contribution in [0.2, 0.25) is 0 Å². The van der Waals surface area contributed by atoms with Crippen LogP contribution in [0.1, 0.15) is 88.9 Å². The molecule has 1 aromatic carbocycles. The Kier molecular flexibility index (Phi) is 8.53. The summed E-state index contributed by atoms with van der Waals surface area (Å²) in [5.74, 6) is 0.0731. The number of rotatable bonds is 11. The first-order chi connectivity index (χ1) is 19.5. The highest BCUT2D eigenvalue weighted by molar-refractivity contribution is 5.98. The minimum Gasteiger partial charge on any atom is -0.496 e. The lowest BCUT2D eigenvalue weighted by Gasteiger charge is -2.34. The second kappa shape index (κ2) is 11.8. The van der Waals surface area contributed by atoms with Gasteiger partial charge in [0, 0.05) is 18.7 Å². The Labute approximate surface area is 242 Å². The number of carboxylic acids is 1. The first-order valence-electron chi connectivity index (χ1n) is 15.4. The predicted octanol–water partition coefficient (Wildman–Crippen LogP) is 5.19. The Bertz CT molecular complexity index is 1160. The van der Waals surface area contributed by atoms with Gasteiger partial charge >= 0.3 is 5.97 Å². The predicted molar refractivity (Wildman–Crippen MR) is 151 cm³/mol. The van der Waals surface area contributed by atoms with Crippen LogP contribution in [-0.2, 0) is 9.59 Å². The number of nitrogens with one attached hydrogen (secondary N) is 2. The van der Waals surface area contributed by atoms with Crippen LogP contribution >= 0.6 is 0 Å². The van der Waals surface area contributed by atoms with E-state index in [9.17, 15) is 23.9 Å². The molecule has 9 heteroatoms. The Morgan fingerprint density at radius 2 is 1.73 bits per heavy atom. The maximum atomic E-state index is 15.0. The third-order valence-electron chi connectivity index (χ3n) is 10.5. The smallest absolute Gasteiger partial charge is 0.309 e. The van der Waals surface area contributed by atoms with Gasteiger partial charge in [-0.1, -0.05) is 13.8 Å². The third-order valence-corrected chi connectivity index (χ3v) is 10.5. The molecule has 0 aromatic heterocycles. The number of benzene rings is 1. The summed E-state index contributed by atoms with van der Waals surface area (Å²) in [6.07, 6.45) is 6.85. The molecule has 4 saturated carbocycles. The Morgan fingerprint density at radius 3 is 2.34 bits per heavy atom. The second-order valence-corrected chi connectivity index (χ2v) is 13.5. The summed E-state index contributed by atoms with van der Waals surface area (Å²) in [6, 6.07) is 2.24. The van der Waals surface area contributed by atoms with Gasteiger partial charge in [0.05, 0.1) is 30.1 Å². The zero-order valence-electron chi connectivity index (χ0n) is 24.7. The number of hydrogen-bond donors (Lipinski definition) is 3. The highest BCUT2D eigenvalue weighted by Crippen LogP contribution is 2.49. The molecular weight excluding hydrogens is 527 g/mol. The fourth-order valence-electron chi connectivity index (χ4n) is 7.62. The van der Waals surface area contributed by atoms with Crippen LogP contribution in [0.5, 0.6) is 11.5 Å². The first-order valence-corrected chi connectivity index (χ1v) is 15.4. The van der Waals surface area contributed by atoms with Crippen molar-refractivity contribution in [3.63, 3.8) is 0 Å². The van der Waals surface area contributed by atoms with Crippen molar-refractivity contribution in [1.29, 1.82) is 0 Å². The number of hydrogen-bond acceptors (Lipinski definition) is 5. The van der Waals surface area contributed by atoms with Crippen molar-refractivity contribution in [1.82, 2.24) is 10.6 Å². The third kappa shape index (κ3) is 6.19. The van der Waals surface area contributed by atoms with E-state index in [4.69, 9.17) is 9.47 Å². The van der Waals surface area contributed by atoms with E-state index in [0.29, 0.717) is 50.0 Å². The minimum atomic E-state index is -0.833. The monoisotopic (exact) mass is 572 g/mol. The van der Waals surface area contributed by atoms with Gasteiger partial charge in [-0.2, -0.15) is 0 Å². The molecule has 4 aliphatic carbocycles. The largest absolute Gasteiger partial charge is 0.496 e. The summed E-state index contributed by atoms with van der Waals surface area (Å²) in [6.45, 7) is 6.83. The number of carbonyl (C=O) groups excluding carboxylic acids is 2. The number of amides is 2. The number of ether oxygens (including phenoxy) is 2. The molecule has 1 aromatic rings. The van der Waals surface area contributed by atoms with Crippen molar-refractivity contribution in [3.05, 3.63) is 23.5 Å². The van der Waals surface area contributed by atoms with Crippen LogP contribution in [0, 0.1) is 46.7 Å². The van der Waals surface area contributed by atoms with Crippen LogP contribution in [0.3, 0.4) is 0 Å². The van der Waals surface area contributed by atoms with E-state index in [2.05, 4.69) is 24.5 Å². The Hall–Kier alpha value is -2.84. The van der Waals surface area contributed by atoms with Gasteiger partial charge in [0.25, 0.3) is 5.91 Å². The molecule has 8 nitrogen and oxygen atoms in total. The van der Waals surface area contributed by atoms with Gasteiger partial charge < -0.3 is 25.2 Å². The average Bonchev–Trinajstić information content (AvgIpc) is 3.56. The molecule has 0 saturated heterocycles. The number of methoxy groups -OCH3 is 1. The van der Waals surface area contributed by atoms with E-state index in [-0.39, 0.29) is 52.9 Å². The Morgan fingerprint density at radius 1 is 1.05 bits per heavy atom. The lowest BCUT2D eigenvalue weighted by Crippen LogP contribution is -2.50. The van der Waals surface area contributed by atoms with Crippen molar-refractivity contribution < 1.29 is 33.4 Å². The van der Waals surface area contributed by atoms with Crippen molar-refractivity contribution in [2.45, 2.75) is 90.7 Å². The topological polar surface area (TPSA) is 114 Å².